The fourth-order valence-electron chi connectivity index (χ4n) is 1.27. The summed E-state index contributed by atoms with van der Waals surface area (Å²) in [4.78, 5) is 15.6. The van der Waals surface area contributed by atoms with Crippen LogP contribution in [-0.4, -0.2) is 21.8 Å². The van der Waals surface area contributed by atoms with E-state index < -0.39 is 11.7 Å². The average molecular weight is 250 g/mol. The van der Waals surface area contributed by atoms with Crippen LogP contribution < -0.4 is 5.32 Å². The van der Waals surface area contributed by atoms with E-state index in [0.29, 0.717) is 16.9 Å². The molecule has 18 heavy (non-hydrogen) atoms. The maximum atomic E-state index is 11.6. The molecule has 5 nitrogen and oxygen atoms in total. The van der Waals surface area contributed by atoms with Crippen molar-refractivity contribution >= 4 is 18.0 Å². The van der Waals surface area contributed by atoms with Gasteiger partial charge in [0.05, 0.1) is 6.61 Å². The predicted octanol–water partition coefficient (Wildman–Crippen LogP) is 2.56. The second-order valence-electron chi connectivity index (χ2n) is 4.77. The molecule has 5 heteroatoms. The van der Waals surface area contributed by atoms with E-state index >= 15 is 0 Å². The number of aliphatic hydroxyl groups excluding tert-OH is 1. The van der Waals surface area contributed by atoms with E-state index in [2.05, 4.69) is 16.9 Å². The summed E-state index contributed by atoms with van der Waals surface area (Å²) in [6.45, 7) is 8.87. The number of pyridine rings is 1. The fraction of sp³-hybridized carbons (Fsp3) is 0.385. The van der Waals surface area contributed by atoms with Crippen molar-refractivity contribution in [3.63, 3.8) is 0 Å². The molecular formula is C13H18N2O3. The number of aromatic nitrogens is 1. The maximum Gasteiger partial charge on any atom is 0.413 e. The first-order valence-corrected chi connectivity index (χ1v) is 5.58. The number of aliphatic hydroxyl groups is 1. The zero-order valence-electron chi connectivity index (χ0n) is 10.9. The number of rotatable bonds is 3. The molecule has 98 valence electrons. The van der Waals surface area contributed by atoms with Crippen LogP contribution in [0, 0.1) is 0 Å². The standard InChI is InChI=1S/C13H18N2O3/c1-5-10-6-9(8-16)7-14-11(10)15-12(17)18-13(2,3)4/h5-7,16H,1,8H2,2-4H3,(H,14,15,17). The lowest BCUT2D eigenvalue weighted by molar-refractivity contribution is 0.0635. The van der Waals surface area contributed by atoms with E-state index in [0.717, 1.165) is 0 Å². The summed E-state index contributed by atoms with van der Waals surface area (Å²) < 4.78 is 5.12. The molecule has 1 aromatic rings. The largest absolute Gasteiger partial charge is 0.444 e. The van der Waals surface area contributed by atoms with Gasteiger partial charge < -0.3 is 9.84 Å². The van der Waals surface area contributed by atoms with E-state index in [1.807, 2.05) is 0 Å². The topological polar surface area (TPSA) is 71.5 Å². The van der Waals surface area contributed by atoms with Gasteiger partial charge in [-0.15, -0.1) is 0 Å². The van der Waals surface area contributed by atoms with Crippen molar-refractivity contribution in [1.82, 2.24) is 4.98 Å². The highest BCUT2D eigenvalue weighted by Crippen LogP contribution is 2.17. The molecule has 0 aliphatic rings. The number of carbonyl (C=O) groups is 1. The molecule has 1 heterocycles. The molecular weight excluding hydrogens is 232 g/mol. The summed E-state index contributed by atoms with van der Waals surface area (Å²) in [6.07, 6.45) is 2.47. The molecule has 0 fully saturated rings. The number of ether oxygens (including phenoxy) is 1. The quantitative estimate of drug-likeness (QED) is 0.864. The Morgan fingerprint density at radius 1 is 1.61 bits per heavy atom. The number of hydrogen-bond acceptors (Lipinski definition) is 4. The van der Waals surface area contributed by atoms with Crippen LogP contribution in [0.2, 0.25) is 0 Å². The van der Waals surface area contributed by atoms with Crippen LogP contribution in [0.4, 0.5) is 10.6 Å². The van der Waals surface area contributed by atoms with E-state index in [4.69, 9.17) is 9.84 Å². The highest BCUT2D eigenvalue weighted by Gasteiger charge is 2.17. The Morgan fingerprint density at radius 3 is 2.78 bits per heavy atom. The Bertz CT molecular complexity index is 450. The number of hydrogen-bond donors (Lipinski definition) is 2. The van der Waals surface area contributed by atoms with Crippen molar-refractivity contribution in [2.24, 2.45) is 0 Å². The van der Waals surface area contributed by atoms with Gasteiger partial charge in [-0.2, -0.15) is 0 Å². The van der Waals surface area contributed by atoms with Crippen LogP contribution >= 0.6 is 0 Å². The molecule has 0 aromatic carbocycles. The first-order valence-electron chi connectivity index (χ1n) is 5.58. The van der Waals surface area contributed by atoms with Crippen molar-refractivity contribution in [3.05, 3.63) is 30.0 Å². The summed E-state index contributed by atoms with van der Waals surface area (Å²) >= 11 is 0. The van der Waals surface area contributed by atoms with Crippen molar-refractivity contribution in [2.75, 3.05) is 5.32 Å². The Balaban J connectivity index is 2.84. The summed E-state index contributed by atoms with van der Waals surface area (Å²) in [5, 5.41) is 11.5. The second-order valence-corrected chi connectivity index (χ2v) is 4.77. The summed E-state index contributed by atoms with van der Waals surface area (Å²) in [7, 11) is 0. The Hall–Kier alpha value is -1.88. The van der Waals surface area contributed by atoms with Crippen molar-refractivity contribution in [1.29, 1.82) is 0 Å². The van der Waals surface area contributed by atoms with Gasteiger partial charge in [0.2, 0.25) is 0 Å². The van der Waals surface area contributed by atoms with Gasteiger partial charge >= 0.3 is 6.09 Å². The minimum Gasteiger partial charge on any atom is -0.444 e. The highest BCUT2D eigenvalue weighted by atomic mass is 16.6. The van der Waals surface area contributed by atoms with Gasteiger partial charge in [0.1, 0.15) is 11.4 Å². The third-order valence-electron chi connectivity index (χ3n) is 2.00. The van der Waals surface area contributed by atoms with Crippen molar-refractivity contribution in [3.8, 4) is 0 Å². The Labute approximate surface area is 107 Å². The lowest BCUT2D eigenvalue weighted by atomic mass is 10.2. The second kappa shape index (κ2) is 5.64. The average Bonchev–Trinajstić information content (AvgIpc) is 2.27. The normalized spacial score (nSPS) is 10.9. The summed E-state index contributed by atoms with van der Waals surface area (Å²) in [5.74, 6) is 0.358. The zero-order chi connectivity index (χ0) is 13.8. The van der Waals surface area contributed by atoms with E-state index in [-0.39, 0.29) is 6.61 Å². The minimum atomic E-state index is -0.574. The predicted molar refractivity (Wildman–Crippen MR) is 70.1 cm³/mol. The monoisotopic (exact) mass is 250 g/mol. The van der Waals surface area contributed by atoms with Gasteiger partial charge in [-0.25, -0.2) is 9.78 Å². The molecule has 2 N–H and O–H groups in total. The van der Waals surface area contributed by atoms with Gasteiger partial charge in [0.25, 0.3) is 0 Å². The van der Waals surface area contributed by atoms with E-state index in [9.17, 15) is 4.79 Å². The Morgan fingerprint density at radius 2 is 2.28 bits per heavy atom. The Kier molecular flexibility index (Phi) is 4.44. The van der Waals surface area contributed by atoms with E-state index in [1.54, 1.807) is 32.9 Å². The number of anilines is 1. The van der Waals surface area contributed by atoms with Gasteiger partial charge in [-0.05, 0) is 32.4 Å². The molecule has 1 amide bonds. The molecule has 0 bridgehead atoms. The fourth-order valence-corrected chi connectivity index (χ4v) is 1.27. The third-order valence-corrected chi connectivity index (χ3v) is 2.00. The van der Waals surface area contributed by atoms with Crippen LogP contribution in [0.15, 0.2) is 18.8 Å². The minimum absolute atomic E-state index is 0.111. The SMILES string of the molecule is C=Cc1cc(CO)cnc1NC(=O)OC(C)(C)C. The van der Waals surface area contributed by atoms with Crippen LogP contribution in [0.25, 0.3) is 6.08 Å². The van der Waals surface area contributed by atoms with Crippen LogP contribution in [-0.2, 0) is 11.3 Å². The molecule has 1 rings (SSSR count). The smallest absolute Gasteiger partial charge is 0.413 e. The van der Waals surface area contributed by atoms with E-state index in [1.165, 1.54) is 6.20 Å². The number of nitrogens with zero attached hydrogens (tertiary/aromatic N) is 1. The molecule has 0 aliphatic heterocycles. The van der Waals surface area contributed by atoms with Gasteiger partial charge in [0.15, 0.2) is 0 Å². The summed E-state index contributed by atoms with van der Waals surface area (Å²) in [6, 6.07) is 1.70. The van der Waals surface area contributed by atoms with Crippen LogP contribution in [0.5, 0.6) is 0 Å². The molecule has 0 saturated carbocycles. The van der Waals surface area contributed by atoms with Gasteiger partial charge in [-0.1, -0.05) is 12.7 Å². The first kappa shape index (κ1) is 14.2. The molecule has 0 atom stereocenters. The lowest BCUT2D eigenvalue weighted by Gasteiger charge is -2.19. The van der Waals surface area contributed by atoms with Gasteiger partial charge in [-0.3, -0.25) is 5.32 Å². The van der Waals surface area contributed by atoms with Crippen LogP contribution in [0.1, 0.15) is 31.9 Å². The van der Waals surface area contributed by atoms with Crippen molar-refractivity contribution in [2.45, 2.75) is 33.0 Å². The zero-order valence-corrected chi connectivity index (χ0v) is 10.9. The third kappa shape index (κ3) is 4.18. The molecule has 1 aromatic heterocycles. The molecule has 0 unspecified atom stereocenters. The van der Waals surface area contributed by atoms with Crippen LogP contribution in [0.3, 0.4) is 0 Å². The first-order chi connectivity index (χ1) is 8.35. The van der Waals surface area contributed by atoms with Gasteiger partial charge in [0, 0.05) is 11.8 Å². The summed E-state index contributed by atoms with van der Waals surface area (Å²) in [5.41, 5.74) is 0.718. The molecule has 0 saturated heterocycles. The molecule has 0 spiro atoms. The lowest BCUT2D eigenvalue weighted by Crippen LogP contribution is -2.27. The number of nitrogens with one attached hydrogen (secondary N) is 1. The highest BCUT2D eigenvalue weighted by molar-refractivity contribution is 5.86. The number of carbonyl (C=O) groups excluding carboxylic acids is 1. The molecule has 0 radical (unpaired) electrons. The maximum absolute atomic E-state index is 11.6. The number of amides is 1. The van der Waals surface area contributed by atoms with Crippen molar-refractivity contribution < 1.29 is 14.6 Å². The molecule has 0 aliphatic carbocycles.